The number of nitro groups is 1. The maximum absolute atomic E-state index is 12.9. The number of rotatable bonds is 7. The number of methoxy groups -OCH3 is 1. The second kappa shape index (κ2) is 7.06. The monoisotopic (exact) mass is 366 g/mol. The van der Waals surface area contributed by atoms with Crippen LogP contribution in [0.1, 0.15) is 36.6 Å². The number of amides is 1. The van der Waals surface area contributed by atoms with E-state index in [4.69, 9.17) is 4.74 Å². The Labute approximate surface area is 146 Å². The molecule has 0 saturated heterocycles. The summed E-state index contributed by atoms with van der Waals surface area (Å²) in [6.07, 6.45) is -1.00. The van der Waals surface area contributed by atoms with Crippen molar-refractivity contribution in [3.63, 3.8) is 0 Å². The van der Waals surface area contributed by atoms with Gasteiger partial charge in [0.1, 0.15) is 23.7 Å². The van der Waals surface area contributed by atoms with Crippen molar-refractivity contribution in [3.05, 3.63) is 45.8 Å². The van der Waals surface area contributed by atoms with Crippen molar-refractivity contribution < 1.29 is 23.2 Å². The first-order valence-electron chi connectivity index (χ1n) is 7.87. The van der Waals surface area contributed by atoms with Gasteiger partial charge in [-0.1, -0.05) is 0 Å². The maximum atomic E-state index is 12.9. The van der Waals surface area contributed by atoms with Crippen LogP contribution in [0.25, 0.3) is 0 Å². The number of alkyl halides is 2. The molecule has 1 aliphatic carbocycles. The van der Waals surface area contributed by atoms with E-state index in [1.807, 2.05) is 0 Å². The molecule has 1 fully saturated rings. The molecule has 138 valence electrons. The van der Waals surface area contributed by atoms with Crippen molar-refractivity contribution in [2.45, 2.75) is 31.7 Å². The molecule has 1 heterocycles. The maximum Gasteiger partial charge on any atom is 0.296 e. The molecule has 1 aromatic carbocycles. The standard InChI is InChI=1S/C16H16F2N4O4/c1-26-10-4-5-11(14(6-10)22(24)25)19-15(23)8-21-13(9-2-3-9)7-12(20-21)16(17)18/h4-7,9,16H,2-3,8H2,1H3,(H,19,23). The Hall–Kier alpha value is -3.04. The summed E-state index contributed by atoms with van der Waals surface area (Å²) in [6, 6.07) is 5.32. The fraction of sp³-hybridized carbons (Fsp3) is 0.375. The van der Waals surface area contributed by atoms with E-state index in [1.54, 1.807) is 0 Å². The number of hydrogen-bond acceptors (Lipinski definition) is 5. The molecule has 10 heteroatoms. The molecular weight excluding hydrogens is 350 g/mol. The summed E-state index contributed by atoms with van der Waals surface area (Å²) in [4.78, 5) is 22.8. The van der Waals surface area contributed by atoms with Crippen LogP contribution in [0.2, 0.25) is 0 Å². The van der Waals surface area contributed by atoms with Crippen LogP contribution in [0, 0.1) is 10.1 Å². The molecule has 0 unspecified atom stereocenters. The highest BCUT2D eigenvalue weighted by molar-refractivity contribution is 5.93. The van der Waals surface area contributed by atoms with Gasteiger partial charge in [-0.3, -0.25) is 19.6 Å². The van der Waals surface area contributed by atoms with E-state index in [9.17, 15) is 23.7 Å². The molecular formula is C16H16F2N4O4. The summed E-state index contributed by atoms with van der Waals surface area (Å²) in [7, 11) is 1.37. The number of halogens is 2. The lowest BCUT2D eigenvalue weighted by atomic mass is 10.2. The van der Waals surface area contributed by atoms with Gasteiger partial charge in [0, 0.05) is 11.6 Å². The van der Waals surface area contributed by atoms with Crippen molar-refractivity contribution in [1.82, 2.24) is 9.78 Å². The average Bonchev–Trinajstić information content (AvgIpc) is 3.35. The van der Waals surface area contributed by atoms with Crippen LogP contribution < -0.4 is 10.1 Å². The van der Waals surface area contributed by atoms with E-state index in [2.05, 4.69) is 10.4 Å². The topological polar surface area (TPSA) is 99.3 Å². The number of anilines is 1. The van der Waals surface area contributed by atoms with Gasteiger partial charge in [0.05, 0.1) is 18.1 Å². The zero-order valence-corrected chi connectivity index (χ0v) is 13.8. The second-order valence-corrected chi connectivity index (χ2v) is 5.92. The molecule has 0 spiro atoms. The third kappa shape index (κ3) is 3.79. The van der Waals surface area contributed by atoms with Crippen LogP contribution in [0.3, 0.4) is 0 Å². The highest BCUT2D eigenvalue weighted by Gasteiger charge is 2.30. The van der Waals surface area contributed by atoms with Gasteiger partial charge >= 0.3 is 0 Å². The van der Waals surface area contributed by atoms with Crippen LogP contribution in [-0.2, 0) is 11.3 Å². The third-order valence-electron chi connectivity index (χ3n) is 4.02. The lowest BCUT2D eigenvalue weighted by molar-refractivity contribution is -0.384. The predicted molar refractivity (Wildman–Crippen MR) is 87.4 cm³/mol. The fourth-order valence-electron chi connectivity index (χ4n) is 2.61. The van der Waals surface area contributed by atoms with Crippen LogP contribution in [-0.4, -0.2) is 27.7 Å². The molecule has 0 radical (unpaired) electrons. The molecule has 2 aromatic rings. The largest absolute Gasteiger partial charge is 0.496 e. The first kappa shape index (κ1) is 17.8. The summed E-state index contributed by atoms with van der Waals surface area (Å²) in [5.41, 5.74) is -0.126. The van der Waals surface area contributed by atoms with E-state index in [0.717, 1.165) is 12.8 Å². The zero-order valence-electron chi connectivity index (χ0n) is 13.8. The number of aromatic nitrogens is 2. The normalized spacial score (nSPS) is 13.7. The van der Waals surface area contributed by atoms with Gasteiger partial charge in [0.2, 0.25) is 5.91 Å². The summed E-state index contributed by atoms with van der Waals surface area (Å²) in [6.45, 7) is -0.304. The molecule has 26 heavy (non-hydrogen) atoms. The van der Waals surface area contributed by atoms with Crippen molar-refractivity contribution >= 4 is 17.3 Å². The Morgan fingerprint density at radius 2 is 2.19 bits per heavy atom. The second-order valence-electron chi connectivity index (χ2n) is 5.92. The first-order chi connectivity index (χ1) is 12.4. The van der Waals surface area contributed by atoms with Crippen molar-refractivity contribution in [3.8, 4) is 5.75 Å². The van der Waals surface area contributed by atoms with E-state index < -0.39 is 17.3 Å². The zero-order chi connectivity index (χ0) is 18.8. The van der Waals surface area contributed by atoms with Gasteiger partial charge in [-0.15, -0.1) is 0 Å². The van der Waals surface area contributed by atoms with E-state index >= 15 is 0 Å². The molecule has 1 aliphatic rings. The molecule has 0 aliphatic heterocycles. The van der Waals surface area contributed by atoms with Crippen molar-refractivity contribution in [1.29, 1.82) is 0 Å². The predicted octanol–water partition coefficient (Wildman–Crippen LogP) is 3.25. The van der Waals surface area contributed by atoms with Gasteiger partial charge in [0.15, 0.2) is 0 Å². The number of nitrogens with zero attached hydrogens (tertiary/aromatic N) is 3. The van der Waals surface area contributed by atoms with Gasteiger partial charge in [-0.25, -0.2) is 8.78 Å². The smallest absolute Gasteiger partial charge is 0.296 e. The summed E-state index contributed by atoms with van der Waals surface area (Å²) in [5.74, 6) is -0.193. The van der Waals surface area contributed by atoms with E-state index in [1.165, 1.54) is 36.1 Å². The average molecular weight is 366 g/mol. The molecule has 3 rings (SSSR count). The number of ether oxygens (including phenoxy) is 1. The summed E-state index contributed by atoms with van der Waals surface area (Å²) in [5, 5.41) is 17.4. The third-order valence-corrected chi connectivity index (χ3v) is 4.02. The minimum Gasteiger partial charge on any atom is -0.496 e. The van der Waals surface area contributed by atoms with Crippen molar-refractivity contribution in [2.24, 2.45) is 0 Å². The number of benzene rings is 1. The molecule has 1 N–H and O–H groups in total. The van der Waals surface area contributed by atoms with Gasteiger partial charge in [0.25, 0.3) is 12.1 Å². The van der Waals surface area contributed by atoms with Crippen LogP contribution >= 0.6 is 0 Å². The highest BCUT2D eigenvalue weighted by atomic mass is 19.3. The first-order valence-corrected chi connectivity index (χ1v) is 7.87. The number of nitro benzene ring substituents is 1. The minimum atomic E-state index is -2.72. The van der Waals surface area contributed by atoms with Crippen LogP contribution in [0.15, 0.2) is 24.3 Å². The molecule has 0 atom stereocenters. The Kier molecular flexibility index (Phi) is 4.83. The van der Waals surface area contributed by atoms with Gasteiger partial charge in [-0.05, 0) is 31.0 Å². The van der Waals surface area contributed by atoms with E-state index in [0.29, 0.717) is 5.69 Å². The van der Waals surface area contributed by atoms with Crippen LogP contribution in [0.4, 0.5) is 20.2 Å². The number of carbonyl (C=O) groups is 1. The Morgan fingerprint density at radius 3 is 2.77 bits per heavy atom. The lowest BCUT2D eigenvalue weighted by Gasteiger charge is -2.09. The number of nitrogens with one attached hydrogen (secondary N) is 1. The van der Waals surface area contributed by atoms with Crippen LogP contribution in [0.5, 0.6) is 5.75 Å². The molecule has 0 bridgehead atoms. The minimum absolute atomic E-state index is 0.00462. The summed E-state index contributed by atoms with van der Waals surface area (Å²) < 4.78 is 31.9. The summed E-state index contributed by atoms with van der Waals surface area (Å²) >= 11 is 0. The van der Waals surface area contributed by atoms with Gasteiger partial charge < -0.3 is 10.1 Å². The van der Waals surface area contributed by atoms with Gasteiger partial charge in [-0.2, -0.15) is 5.10 Å². The van der Waals surface area contributed by atoms with Crippen molar-refractivity contribution in [2.75, 3.05) is 12.4 Å². The quantitative estimate of drug-likeness (QED) is 0.599. The SMILES string of the molecule is COc1ccc(NC(=O)Cn2nc(C(F)F)cc2C2CC2)c([N+](=O)[O-])c1. The number of carbonyl (C=O) groups excluding carboxylic acids is 1. The Bertz CT molecular complexity index is 849. The van der Waals surface area contributed by atoms with E-state index in [-0.39, 0.29) is 35.3 Å². The molecule has 1 amide bonds. The highest BCUT2D eigenvalue weighted by Crippen LogP contribution is 2.41. The Morgan fingerprint density at radius 1 is 1.46 bits per heavy atom. The Balaban J connectivity index is 1.78. The molecule has 1 saturated carbocycles. The molecule has 8 nitrogen and oxygen atoms in total. The fourth-order valence-corrected chi connectivity index (χ4v) is 2.61. The number of hydrogen-bond donors (Lipinski definition) is 1. The molecule has 1 aromatic heterocycles. The lowest BCUT2D eigenvalue weighted by Crippen LogP contribution is -2.21.